The molecule has 3 aromatic heterocycles. The molecule has 0 radical (unpaired) electrons. The van der Waals surface area contributed by atoms with Gasteiger partial charge in [0, 0.05) is 31.9 Å². The van der Waals surface area contributed by atoms with Gasteiger partial charge in [-0.1, -0.05) is 6.07 Å². The third-order valence-corrected chi connectivity index (χ3v) is 3.72. The second-order valence-electron chi connectivity index (χ2n) is 5.61. The van der Waals surface area contributed by atoms with Crippen LogP contribution in [0.2, 0.25) is 0 Å². The highest BCUT2D eigenvalue weighted by molar-refractivity contribution is 14.0. The molecule has 0 spiro atoms. The Hall–Kier alpha value is -2.03. The van der Waals surface area contributed by atoms with Crippen LogP contribution in [-0.2, 0) is 13.0 Å². The molecule has 0 saturated heterocycles. The summed E-state index contributed by atoms with van der Waals surface area (Å²) in [6, 6.07) is 7.91. The molecule has 0 atom stereocenters. The molecular formula is C18H24IN5O. The zero-order chi connectivity index (χ0) is 16.8. The van der Waals surface area contributed by atoms with Crippen molar-refractivity contribution in [1.29, 1.82) is 0 Å². The lowest BCUT2D eigenvalue weighted by Gasteiger charge is -2.10. The number of hydrogen-bond acceptors (Lipinski definition) is 3. The number of aryl methyl sites for hydroxylation is 1. The number of aromatic nitrogens is 2. The van der Waals surface area contributed by atoms with Crippen molar-refractivity contribution in [3.8, 4) is 0 Å². The van der Waals surface area contributed by atoms with Gasteiger partial charge in [-0.25, -0.2) is 9.98 Å². The molecule has 25 heavy (non-hydrogen) atoms. The predicted octanol–water partition coefficient (Wildman–Crippen LogP) is 3.15. The van der Waals surface area contributed by atoms with E-state index < -0.39 is 0 Å². The van der Waals surface area contributed by atoms with Crippen LogP contribution in [0.5, 0.6) is 0 Å². The largest absolute Gasteiger partial charge is 0.467 e. The Morgan fingerprint density at radius 1 is 1.28 bits per heavy atom. The van der Waals surface area contributed by atoms with Gasteiger partial charge >= 0.3 is 0 Å². The minimum Gasteiger partial charge on any atom is -0.467 e. The first-order chi connectivity index (χ1) is 11.8. The van der Waals surface area contributed by atoms with E-state index in [0.717, 1.165) is 42.6 Å². The summed E-state index contributed by atoms with van der Waals surface area (Å²) in [5.41, 5.74) is 3.27. The predicted molar refractivity (Wildman–Crippen MR) is 111 cm³/mol. The first-order valence-corrected chi connectivity index (χ1v) is 8.24. The summed E-state index contributed by atoms with van der Waals surface area (Å²) < 4.78 is 7.38. The van der Waals surface area contributed by atoms with Crippen LogP contribution in [0.3, 0.4) is 0 Å². The van der Waals surface area contributed by atoms with Crippen molar-refractivity contribution in [2.45, 2.75) is 26.8 Å². The van der Waals surface area contributed by atoms with Crippen molar-refractivity contribution in [2.24, 2.45) is 4.99 Å². The number of furan rings is 1. The number of fused-ring (bicyclic) bond motifs is 1. The Labute approximate surface area is 164 Å². The number of imidazole rings is 1. The first kappa shape index (κ1) is 19.3. The molecule has 3 heterocycles. The Morgan fingerprint density at radius 3 is 2.88 bits per heavy atom. The van der Waals surface area contributed by atoms with E-state index in [4.69, 9.17) is 4.42 Å². The number of halogens is 1. The van der Waals surface area contributed by atoms with Crippen LogP contribution in [0.4, 0.5) is 0 Å². The molecule has 0 aliphatic rings. The van der Waals surface area contributed by atoms with Crippen molar-refractivity contribution >= 4 is 35.6 Å². The van der Waals surface area contributed by atoms with Crippen LogP contribution < -0.4 is 10.6 Å². The zero-order valence-electron chi connectivity index (χ0n) is 14.5. The highest BCUT2D eigenvalue weighted by Gasteiger charge is 2.04. The Morgan fingerprint density at radius 2 is 2.16 bits per heavy atom. The van der Waals surface area contributed by atoms with E-state index in [2.05, 4.69) is 51.1 Å². The molecule has 134 valence electrons. The molecule has 0 aromatic carbocycles. The molecule has 0 saturated carbocycles. The molecule has 3 rings (SSSR count). The summed E-state index contributed by atoms with van der Waals surface area (Å²) in [5, 5.41) is 6.58. The quantitative estimate of drug-likeness (QED) is 0.342. The van der Waals surface area contributed by atoms with E-state index in [0.29, 0.717) is 6.54 Å². The van der Waals surface area contributed by atoms with E-state index in [1.807, 2.05) is 24.4 Å². The van der Waals surface area contributed by atoms with Gasteiger partial charge in [0.2, 0.25) is 0 Å². The van der Waals surface area contributed by atoms with Gasteiger partial charge in [-0.2, -0.15) is 0 Å². The van der Waals surface area contributed by atoms with Crippen LogP contribution in [-0.4, -0.2) is 28.4 Å². The van der Waals surface area contributed by atoms with E-state index in [9.17, 15) is 0 Å². The van der Waals surface area contributed by atoms with Gasteiger partial charge in [0.25, 0.3) is 0 Å². The molecule has 7 heteroatoms. The normalized spacial score (nSPS) is 11.4. The van der Waals surface area contributed by atoms with Gasteiger partial charge in [-0.05, 0) is 37.6 Å². The number of nitrogens with one attached hydrogen (secondary N) is 2. The summed E-state index contributed by atoms with van der Waals surface area (Å²) in [6.07, 6.45) is 6.61. The Kier molecular flexibility index (Phi) is 7.30. The second kappa shape index (κ2) is 9.45. The number of hydrogen-bond donors (Lipinski definition) is 2. The van der Waals surface area contributed by atoms with E-state index in [1.54, 1.807) is 6.26 Å². The van der Waals surface area contributed by atoms with Crippen molar-refractivity contribution < 1.29 is 4.42 Å². The smallest absolute Gasteiger partial charge is 0.191 e. The van der Waals surface area contributed by atoms with Crippen LogP contribution in [0.25, 0.3) is 5.65 Å². The fraction of sp³-hybridized carbons (Fsp3) is 0.333. The van der Waals surface area contributed by atoms with Crippen LogP contribution in [0, 0.1) is 6.92 Å². The van der Waals surface area contributed by atoms with Gasteiger partial charge < -0.3 is 19.5 Å². The summed E-state index contributed by atoms with van der Waals surface area (Å²) >= 11 is 0. The summed E-state index contributed by atoms with van der Waals surface area (Å²) in [5.74, 6) is 1.64. The van der Waals surface area contributed by atoms with Gasteiger partial charge in [0.05, 0.1) is 12.0 Å². The molecule has 3 aromatic rings. The Balaban J connectivity index is 0.00000225. The first-order valence-electron chi connectivity index (χ1n) is 8.24. The number of nitrogens with zero attached hydrogens (tertiary/aromatic N) is 3. The standard InChI is InChI=1S/C18H23N5O.HI/c1-3-19-18(21-12-16-7-5-11-24-16)20-9-8-15-13-23-10-4-6-14(2)17(23)22-15;/h4-7,10-11,13H,3,8-9,12H2,1-2H3,(H2,19,20,21);1H. The van der Waals surface area contributed by atoms with E-state index in [-0.39, 0.29) is 24.0 Å². The average Bonchev–Trinajstić information content (AvgIpc) is 3.22. The number of rotatable bonds is 6. The van der Waals surface area contributed by atoms with Crippen LogP contribution in [0.1, 0.15) is 23.9 Å². The molecule has 0 amide bonds. The van der Waals surface area contributed by atoms with E-state index >= 15 is 0 Å². The molecule has 0 fully saturated rings. The van der Waals surface area contributed by atoms with Gasteiger partial charge in [-0.15, -0.1) is 24.0 Å². The Bertz CT molecular complexity index is 810. The minimum absolute atomic E-state index is 0. The number of aliphatic imine (C=N–C) groups is 1. The highest BCUT2D eigenvalue weighted by Crippen LogP contribution is 2.10. The van der Waals surface area contributed by atoms with Gasteiger partial charge in [0.1, 0.15) is 18.0 Å². The maximum Gasteiger partial charge on any atom is 0.191 e. The molecule has 6 nitrogen and oxygen atoms in total. The average molecular weight is 453 g/mol. The van der Waals surface area contributed by atoms with E-state index in [1.165, 1.54) is 5.56 Å². The van der Waals surface area contributed by atoms with Crippen molar-refractivity contribution in [2.75, 3.05) is 13.1 Å². The fourth-order valence-electron chi connectivity index (χ4n) is 2.54. The summed E-state index contributed by atoms with van der Waals surface area (Å²) in [6.45, 7) is 6.24. The van der Waals surface area contributed by atoms with Crippen molar-refractivity contribution in [3.05, 3.63) is 59.9 Å². The molecule has 2 N–H and O–H groups in total. The maximum absolute atomic E-state index is 5.31. The second-order valence-corrected chi connectivity index (χ2v) is 5.61. The van der Waals surface area contributed by atoms with Crippen LogP contribution in [0.15, 0.2) is 52.3 Å². The summed E-state index contributed by atoms with van der Waals surface area (Å²) in [7, 11) is 0. The molecule has 0 aliphatic carbocycles. The third-order valence-electron chi connectivity index (χ3n) is 3.72. The van der Waals surface area contributed by atoms with Crippen molar-refractivity contribution in [3.63, 3.8) is 0 Å². The highest BCUT2D eigenvalue weighted by atomic mass is 127. The lowest BCUT2D eigenvalue weighted by molar-refractivity contribution is 0.512. The zero-order valence-corrected chi connectivity index (χ0v) is 16.9. The van der Waals surface area contributed by atoms with Gasteiger partial charge in [0.15, 0.2) is 5.96 Å². The van der Waals surface area contributed by atoms with Crippen molar-refractivity contribution in [1.82, 2.24) is 20.0 Å². The van der Waals surface area contributed by atoms with Crippen LogP contribution >= 0.6 is 24.0 Å². The maximum atomic E-state index is 5.31. The topological polar surface area (TPSA) is 66.9 Å². The lowest BCUT2D eigenvalue weighted by atomic mass is 10.3. The third kappa shape index (κ3) is 5.22. The summed E-state index contributed by atoms with van der Waals surface area (Å²) in [4.78, 5) is 9.21. The molecule has 0 aliphatic heterocycles. The monoisotopic (exact) mass is 453 g/mol. The molecular weight excluding hydrogens is 429 g/mol. The van der Waals surface area contributed by atoms with Gasteiger partial charge in [-0.3, -0.25) is 0 Å². The SMILES string of the molecule is CCNC(=NCc1ccco1)NCCc1cn2cccc(C)c2n1.I. The molecule has 0 bridgehead atoms. The lowest BCUT2D eigenvalue weighted by Crippen LogP contribution is -2.38. The molecule has 0 unspecified atom stereocenters. The minimum atomic E-state index is 0. The number of guanidine groups is 1. The fourth-order valence-corrected chi connectivity index (χ4v) is 2.54. The number of pyridine rings is 1.